The molecular weight excluding hydrogens is 152 g/mol. The zero-order valence-corrected chi connectivity index (χ0v) is 6.69. The lowest BCUT2D eigenvalue weighted by Gasteiger charge is -1.95. The van der Waals surface area contributed by atoms with Gasteiger partial charge in [0, 0.05) is 10.8 Å². The Morgan fingerprint density at radius 2 is 2.25 bits per heavy atom. The van der Waals surface area contributed by atoms with Gasteiger partial charge in [-0.25, -0.2) is 0 Å². The monoisotopic (exact) mass is 160 g/mol. The maximum atomic E-state index is 4.65. The lowest BCUT2D eigenvalue weighted by molar-refractivity contribution is 0.393. The lowest BCUT2D eigenvalue weighted by atomic mass is 10.1. The summed E-state index contributed by atoms with van der Waals surface area (Å²) in [5.41, 5.74) is 3.02. The van der Waals surface area contributed by atoms with Gasteiger partial charge >= 0.3 is 0 Å². The van der Waals surface area contributed by atoms with Crippen molar-refractivity contribution in [3.8, 4) is 11.3 Å². The van der Waals surface area contributed by atoms with Gasteiger partial charge < -0.3 is 4.52 Å². The van der Waals surface area contributed by atoms with Crippen molar-refractivity contribution in [2.45, 2.75) is 6.92 Å². The quantitative estimate of drug-likeness (QED) is 0.640. The first-order chi connectivity index (χ1) is 5.86. The molecule has 60 valence electrons. The minimum Gasteiger partial charge on any atom is -0.345 e. The number of hydrogen-bond donors (Lipinski definition) is 0. The highest BCUT2D eigenvalue weighted by atomic mass is 16.5. The van der Waals surface area contributed by atoms with Crippen molar-refractivity contribution in [3.05, 3.63) is 36.1 Å². The van der Waals surface area contributed by atoms with Gasteiger partial charge in [-0.2, -0.15) is 0 Å². The van der Waals surface area contributed by atoms with Crippen molar-refractivity contribution in [2.75, 3.05) is 0 Å². The zero-order chi connectivity index (χ0) is 8.39. The molecular formula is C9H8N2O. The molecule has 0 aliphatic heterocycles. The van der Waals surface area contributed by atoms with E-state index in [0.29, 0.717) is 0 Å². The molecule has 0 radical (unpaired) electrons. The molecule has 1 heterocycles. The predicted molar refractivity (Wildman–Crippen MR) is 44.5 cm³/mol. The van der Waals surface area contributed by atoms with E-state index in [1.807, 2.05) is 31.2 Å². The predicted octanol–water partition coefficient (Wildman–Crippen LogP) is 2.05. The molecule has 1 aromatic heterocycles. The van der Waals surface area contributed by atoms with Gasteiger partial charge in [0.25, 0.3) is 0 Å². The number of aryl methyl sites for hydroxylation is 1. The lowest BCUT2D eigenvalue weighted by Crippen LogP contribution is -1.78. The van der Waals surface area contributed by atoms with E-state index in [9.17, 15) is 0 Å². The third-order valence-corrected chi connectivity index (χ3v) is 1.67. The second-order valence-electron chi connectivity index (χ2n) is 2.66. The van der Waals surface area contributed by atoms with Crippen LogP contribution in [-0.4, -0.2) is 10.4 Å². The van der Waals surface area contributed by atoms with Crippen LogP contribution in [0.2, 0.25) is 0 Å². The molecule has 1 aromatic carbocycles. The first-order valence-electron chi connectivity index (χ1n) is 3.70. The van der Waals surface area contributed by atoms with E-state index in [-0.39, 0.29) is 0 Å². The van der Waals surface area contributed by atoms with E-state index in [1.54, 1.807) is 0 Å². The fraction of sp³-hybridized carbons (Fsp3) is 0.111. The normalized spacial score (nSPS) is 10.1. The summed E-state index contributed by atoms with van der Waals surface area (Å²) in [5.74, 6) is 0. The summed E-state index contributed by atoms with van der Waals surface area (Å²) in [6.07, 6.45) is 1.54. The zero-order valence-electron chi connectivity index (χ0n) is 6.69. The van der Waals surface area contributed by atoms with Crippen molar-refractivity contribution >= 4 is 0 Å². The highest BCUT2D eigenvalue weighted by molar-refractivity contribution is 5.57. The van der Waals surface area contributed by atoms with Gasteiger partial charge in [0.1, 0.15) is 5.69 Å². The number of nitrogens with zero attached hydrogens (tertiary/aromatic N) is 2. The Balaban J connectivity index is 2.48. The van der Waals surface area contributed by atoms with E-state index in [1.165, 1.54) is 11.8 Å². The molecule has 3 heteroatoms. The summed E-state index contributed by atoms with van der Waals surface area (Å²) < 4.78 is 4.65. The second-order valence-corrected chi connectivity index (χ2v) is 2.66. The van der Waals surface area contributed by atoms with Crippen molar-refractivity contribution in [3.63, 3.8) is 0 Å². The van der Waals surface area contributed by atoms with Crippen LogP contribution in [0.15, 0.2) is 35.1 Å². The van der Waals surface area contributed by atoms with Gasteiger partial charge in [-0.05, 0) is 13.0 Å². The van der Waals surface area contributed by atoms with Crippen LogP contribution in [0, 0.1) is 6.92 Å². The largest absolute Gasteiger partial charge is 0.345 e. The summed E-state index contributed by atoms with van der Waals surface area (Å²) >= 11 is 0. The molecule has 0 amide bonds. The number of hydrogen-bond acceptors (Lipinski definition) is 3. The van der Waals surface area contributed by atoms with Gasteiger partial charge in [0.15, 0.2) is 6.26 Å². The molecule has 3 nitrogen and oxygen atoms in total. The van der Waals surface area contributed by atoms with Crippen LogP contribution in [0.1, 0.15) is 5.56 Å². The molecule has 12 heavy (non-hydrogen) atoms. The van der Waals surface area contributed by atoms with Gasteiger partial charge in [-0.3, -0.25) is 0 Å². The van der Waals surface area contributed by atoms with Crippen LogP contribution < -0.4 is 0 Å². The van der Waals surface area contributed by atoms with Crippen LogP contribution in [0.4, 0.5) is 0 Å². The Bertz CT molecular complexity index is 368. The molecule has 0 atom stereocenters. The van der Waals surface area contributed by atoms with E-state index in [2.05, 4.69) is 14.9 Å². The van der Waals surface area contributed by atoms with Gasteiger partial charge in [-0.1, -0.05) is 23.8 Å². The van der Waals surface area contributed by atoms with Crippen LogP contribution in [0.5, 0.6) is 0 Å². The van der Waals surface area contributed by atoms with Crippen LogP contribution >= 0.6 is 0 Å². The maximum absolute atomic E-state index is 4.65. The molecule has 0 unspecified atom stereocenters. The van der Waals surface area contributed by atoms with Gasteiger partial charge in [0.05, 0.1) is 0 Å². The molecule has 0 N–H and O–H groups in total. The third-order valence-electron chi connectivity index (χ3n) is 1.67. The third kappa shape index (κ3) is 1.21. The van der Waals surface area contributed by atoms with Crippen molar-refractivity contribution in [1.29, 1.82) is 0 Å². The Morgan fingerprint density at radius 3 is 2.92 bits per heavy atom. The van der Waals surface area contributed by atoms with E-state index >= 15 is 0 Å². The molecule has 2 rings (SSSR count). The fourth-order valence-electron chi connectivity index (χ4n) is 1.09. The number of aromatic nitrogens is 2. The average molecular weight is 160 g/mol. The molecule has 0 fully saturated rings. The van der Waals surface area contributed by atoms with Crippen LogP contribution in [-0.2, 0) is 0 Å². The Labute approximate surface area is 70.0 Å². The topological polar surface area (TPSA) is 38.9 Å². The summed E-state index contributed by atoms with van der Waals surface area (Å²) in [7, 11) is 0. The highest BCUT2D eigenvalue weighted by Gasteiger charge is 2.00. The molecule has 0 bridgehead atoms. The number of rotatable bonds is 1. The first-order valence-corrected chi connectivity index (χ1v) is 3.70. The molecule has 0 saturated carbocycles. The minimum atomic E-state index is 0.777. The van der Waals surface area contributed by atoms with Crippen LogP contribution in [0.3, 0.4) is 0 Å². The Kier molecular flexibility index (Phi) is 1.63. The molecule has 0 aliphatic rings. The SMILES string of the molecule is Cc1cccc(-c2conn2)c1. The highest BCUT2D eigenvalue weighted by Crippen LogP contribution is 2.16. The smallest absolute Gasteiger partial charge is 0.152 e. The molecule has 0 aliphatic carbocycles. The standard InChI is InChI=1S/C9H8N2O/c1-7-3-2-4-8(5-7)9-6-12-11-10-9/h2-6H,1H3. The summed E-state index contributed by atoms with van der Waals surface area (Å²) in [5, 5.41) is 7.21. The van der Waals surface area contributed by atoms with E-state index in [4.69, 9.17) is 0 Å². The second kappa shape index (κ2) is 2.77. The first kappa shape index (κ1) is 7.03. The van der Waals surface area contributed by atoms with Crippen LogP contribution in [0.25, 0.3) is 11.3 Å². The maximum Gasteiger partial charge on any atom is 0.152 e. The summed E-state index contributed by atoms with van der Waals surface area (Å²) in [4.78, 5) is 0. The summed E-state index contributed by atoms with van der Waals surface area (Å²) in [6.45, 7) is 2.04. The summed E-state index contributed by atoms with van der Waals surface area (Å²) in [6, 6.07) is 8.04. The average Bonchev–Trinajstić information content (AvgIpc) is 2.56. The number of benzene rings is 1. The molecule has 0 spiro atoms. The van der Waals surface area contributed by atoms with Gasteiger partial charge in [0.2, 0.25) is 0 Å². The van der Waals surface area contributed by atoms with Crippen molar-refractivity contribution < 1.29 is 4.52 Å². The van der Waals surface area contributed by atoms with E-state index in [0.717, 1.165) is 11.3 Å². The van der Waals surface area contributed by atoms with Crippen molar-refractivity contribution in [1.82, 2.24) is 10.4 Å². The molecule has 2 aromatic rings. The van der Waals surface area contributed by atoms with Gasteiger partial charge in [-0.15, -0.1) is 5.10 Å². The minimum absolute atomic E-state index is 0.777. The fourth-order valence-corrected chi connectivity index (χ4v) is 1.09. The van der Waals surface area contributed by atoms with Crippen molar-refractivity contribution in [2.24, 2.45) is 0 Å². The Morgan fingerprint density at radius 1 is 1.33 bits per heavy atom. The Hall–Kier alpha value is -1.64. The van der Waals surface area contributed by atoms with E-state index < -0.39 is 0 Å². The molecule has 0 saturated heterocycles.